The molecule has 0 saturated carbocycles. The van der Waals surface area contributed by atoms with Gasteiger partial charge in [-0.1, -0.05) is 18.2 Å². The topological polar surface area (TPSA) is 114 Å². The first-order valence-corrected chi connectivity index (χ1v) is 9.05. The standard InChI is InChI=1S/C20H19N5O4/c1-29-11-5-10-23-15-9-8-13(17(21)26)12-16(15)25-18(23)22-19(27)24(20(25)28)14-6-3-2-4-7-14/h2-4,6-9,12H,5,10-11H2,1H3,(H2,21,26). The van der Waals surface area contributed by atoms with E-state index in [9.17, 15) is 14.4 Å². The molecule has 2 heterocycles. The average Bonchev–Trinajstić information content (AvgIpc) is 3.02. The summed E-state index contributed by atoms with van der Waals surface area (Å²) in [4.78, 5) is 41.9. The molecule has 148 valence electrons. The largest absolute Gasteiger partial charge is 0.385 e. The molecule has 4 rings (SSSR count). The molecule has 0 saturated heterocycles. The van der Waals surface area contributed by atoms with Crippen molar-refractivity contribution in [3.05, 3.63) is 75.1 Å². The number of fused-ring (bicyclic) bond motifs is 3. The van der Waals surface area contributed by atoms with Crippen molar-refractivity contribution >= 4 is 22.7 Å². The van der Waals surface area contributed by atoms with Crippen molar-refractivity contribution in [3.8, 4) is 5.69 Å². The molecule has 0 radical (unpaired) electrons. The van der Waals surface area contributed by atoms with E-state index in [4.69, 9.17) is 10.5 Å². The van der Waals surface area contributed by atoms with Gasteiger partial charge in [0.25, 0.3) is 0 Å². The van der Waals surface area contributed by atoms with Crippen molar-refractivity contribution in [3.63, 3.8) is 0 Å². The van der Waals surface area contributed by atoms with Gasteiger partial charge in [-0.25, -0.2) is 18.6 Å². The number of rotatable bonds is 6. The van der Waals surface area contributed by atoms with E-state index < -0.39 is 17.3 Å². The summed E-state index contributed by atoms with van der Waals surface area (Å²) in [5.41, 5.74) is 5.97. The quantitative estimate of drug-likeness (QED) is 0.490. The van der Waals surface area contributed by atoms with Crippen LogP contribution in [0.1, 0.15) is 16.8 Å². The maximum Gasteiger partial charge on any atom is 0.359 e. The van der Waals surface area contributed by atoms with Crippen LogP contribution in [0, 0.1) is 0 Å². The lowest BCUT2D eigenvalue weighted by Crippen LogP contribution is -2.38. The predicted octanol–water partition coefficient (Wildman–Crippen LogP) is 0.935. The maximum absolute atomic E-state index is 13.3. The van der Waals surface area contributed by atoms with Gasteiger partial charge in [-0.2, -0.15) is 4.98 Å². The molecule has 0 unspecified atom stereocenters. The highest BCUT2D eigenvalue weighted by atomic mass is 16.5. The molecule has 0 fully saturated rings. The van der Waals surface area contributed by atoms with E-state index in [2.05, 4.69) is 4.98 Å². The normalized spacial score (nSPS) is 11.3. The Labute approximate surface area is 164 Å². The molecule has 0 aliphatic rings. The average molecular weight is 393 g/mol. The Balaban J connectivity index is 2.09. The molecule has 9 nitrogen and oxygen atoms in total. The molecule has 0 atom stereocenters. The van der Waals surface area contributed by atoms with Crippen LogP contribution in [0.2, 0.25) is 0 Å². The van der Waals surface area contributed by atoms with Crippen LogP contribution >= 0.6 is 0 Å². The second-order valence-electron chi connectivity index (χ2n) is 6.55. The van der Waals surface area contributed by atoms with Gasteiger partial charge in [0.1, 0.15) is 0 Å². The molecule has 9 heteroatoms. The lowest BCUT2D eigenvalue weighted by Gasteiger charge is -2.07. The number of aromatic nitrogens is 4. The summed E-state index contributed by atoms with van der Waals surface area (Å²) in [5, 5.41) is 0. The molecule has 4 aromatic rings. The Hall–Kier alpha value is -3.72. The van der Waals surface area contributed by atoms with Gasteiger partial charge in [0.15, 0.2) is 0 Å². The van der Waals surface area contributed by atoms with Crippen molar-refractivity contribution in [1.29, 1.82) is 0 Å². The van der Waals surface area contributed by atoms with Gasteiger partial charge in [0, 0.05) is 25.8 Å². The minimum absolute atomic E-state index is 0.208. The summed E-state index contributed by atoms with van der Waals surface area (Å²) < 4.78 is 9.22. The minimum atomic E-state index is -0.674. The Morgan fingerprint density at radius 1 is 1.10 bits per heavy atom. The van der Waals surface area contributed by atoms with E-state index in [1.807, 2.05) is 0 Å². The lowest BCUT2D eigenvalue weighted by atomic mass is 10.2. The first kappa shape index (κ1) is 18.6. The van der Waals surface area contributed by atoms with Crippen molar-refractivity contribution < 1.29 is 9.53 Å². The predicted molar refractivity (Wildman–Crippen MR) is 108 cm³/mol. The zero-order valence-electron chi connectivity index (χ0n) is 15.7. The number of methoxy groups -OCH3 is 1. The van der Waals surface area contributed by atoms with Crippen LogP contribution in [-0.2, 0) is 11.3 Å². The fourth-order valence-corrected chi connectivity index (χ4v) is 3.42. The zero-order valence-corrected chi connectivity index (χ0v) is 15.7. The number of primary amides is 1. The maximum atomic E-state index is 13.3. The van der Waals surface area contributed by atoms with Gasteiger partial charge < -0.3 is 15.0 Å². The molecule has 0 aliphatic heterocycles. The number of hydrogen-bond donors (Lipinski definition) is 1. The molecule has 0 aliphatic carbocycles. The molecule has 1 amide bonds. The summed E-state index contributed by atoms with van der Waals surface area (Å²) in [6, 6.07) is 13.4. The Kier molecular flexibility index (Phi) is 4.73. The number of hydrogen-bond acceptors (Lipinski definition) is 5. The molecule has 2 aromatic carbocycles. The van der Waals surface area contributed by atoms with Crippen LogP contribution in [-0.4, -0.2) is 38.1 Å². The molecule has 0 spiro atoms. The van der Waals surface area contributed by atoms with Gasteiger partial charge in [0.2, 0.25) is 11.7 Å². The number of ether oxygens (including phenoxy) is 1. The smallest absolute Gasteiger partial charge is 0.359 e. The number of amides is 1. The van der Waals surface area contributed by atoms with Crippen molar-refractivity contribution in [2.75, 3.05) is 13.7 Å². The minimum Gasteiger partial charge on any atom is -0.385 e. The number of para-hydroxylation sites is 1. The molecule has 2 N–H and O–H groups in total. The molecule has 2 aromatic heterocycles. The fourth-order valence-electron chi connectivity index (χ4n) is 3.42. The number of nitrogens with zero attached hydrogens (tertiary/aromatic N) is 4. The molecule has 29 heavy (non-hydrogen) atoms. The van der Waals surface area contributed by atoms with E-state index in [-0.39, 0.29) is 11.3 Å². The number of nitrogens with two attached hydrogens (primary N) is 1. The number of carbonyl (C=O) groups is 1. The summed E-state index contributed by atoms with van der Waals surface area (Å²) in [7, 11) is 1.60. The van der Waals surface area contributed by atoms with Crippen LogP contribution in [0.25, 0.3) is 22.5 Å². The monoisotopic (exact) mass is 393 g/mol. The number of benzene rings is 2. The highest BCUT2D eigenvalue weighted by Gasteiger charge is 2.19. The van der Waals surface area contributed by atoms with E-state index in [0.29, 0.717) is 36.3 Å². The Morgan fingerprint density at radius 2 is 1.86 bits per heavy atom. The first-order chi connectivity index (χ1) is 14.0. The Morgan fingerprint density at radius 3 is 2.55 bits per heavy atom. The first-order valence-electron chi connectivity index (χ1n) is 9.05. The third-order valence-corrected chi connectivity index (χ3v) is 4.75. The summed E-state index contributed by atoms with van der Waals surface area (Å²) >= 11 is 0. The second-order valence-corrected chi connectivity index (χ2v) is 6.55. The summed E-state index contributed by atoms with van der Waals surface area (Å²) in [5.74, 6) is -0.399. The molecule has 0 bridgehead atoms. The van der Waals surface area contributed by atoms with Gasteiger partial charge in [-0.15, -0.1) is 0 Å². The summed E-state index contributed by atoms with van der Waals surface area (Å²) in [6.07, 6.45) is 0.658. The number of aryl methyl sites for hydroxylation is 1. The van der Waals surface area contributed by atoms with Gasteiger partial charge >= 0.3 is 11.4 Å². The van der Waals surface area contributed by atoms with Crippen molar-refractivity contribution in [1.82, 2.24) is 18.5 Å². The third kappa shape index (κ3) is 3.11. The highest BCUT2D eigenvalue weighted by Crippen LogP contribution is 2.20. The highest BCUT2D eigenvalue weighted by molar-refractivity contribution is 5.97. The number of imidazole rings is 1. The third-order valence-electron chi connectivity index (χ3n) is 4.75. The van der Waals surface area contributed by atoms with Crippen molar-refractivity contribution in [2.45, 2.75) is 13.0 Å². The van der Waals surface area contributed by atoms with Crippen LogP contribution in [0.4, 0.5) is 0 Å². The van der Waals surface area contributed by atoms with Gasteiger partial charge in [-0.05, 0) is 36.8 Å². The summed E-state index contributed by atoms with van der Waals surface area (Å²) in [6.45, 7) is 0.995. The van der Waals surface area contributed by atoms with Crippen molar-refractivity contribution in [2.24, 2.45) is 5.73 Å². The molecular formula is C20H19N5O4. The zero-order chi connectivity index (χ0) is 20.5. The van der Waals surface area contributed by atoms with E-state index in [1.165, 1.54) is 4.40 Å². The van der Waals surface area contributed by atoms with Crippen LogP contribution in [0.15, 0.2) is 58.1 Å². The Bertz CT molecular complexity index is 1330. The van der Waals surface area contributed by atoms with Crippen LogP contribution in [0.3, 0.4) is 0 Å². The van der Waals surface area contributed by atoms with Crippen LogP contribution in [0.5, 0.6) is 0 Å². The van der Waals surface area contributed by atoms with E-state index in [0.717, 1.165) is 4.57 Å². The van der Waals surface area contributed by atoms with Gasteiger partial charge in [0.05, 0.1) is 16.7 Å². The number of carbonyl (C=O) groups excluding carboxylic acids is 1. The molecular weight excluding hydrogens is 374 g/mol. The fraction of sp³-hybridized carbons (Fsp3) is 0.200. The second kappa shape index (κ2) is 7.36. The van der Waals surface area contributed by atoms with E-state index in [1.54, 1.807) is 60.2 Å². The van der Waals surface area contributed by atoms with Gasteiger partial charge in [-0.3, -0.25) is 4.79 Å². The van der Waals surface area contributed by atoms with E-state index >= 15 is 0 Å². The van der Waals surface area contributed by atoms with Crippen LogP contribution < -0.4 is 17.1 Å². The SMILES string of the molecule is COCCCn1c2ccc(C(N)=O)cc2n2c(=O)n(-c3ccccc3)c(=O)nc12. The lowest BCUT2D eigenvalue weighted by molar-refractivity contribution is 0.100.